The minimum atomic E-state index is -3.47. The van der Waals surface area contributed by atoms with Gasteiger partial charge in [-0.1, -0.05) is 0 Å². The zero-order valence-corrected chi connectivity index (χ0v) is 11.9. The van der Waals surface area contributed by atoms with Gasteiger partial charge in [-0.15, -0.1) is 0 Å². The van der Waals surface area contributed by atoms with Gasteiger partial charge in [0.15, 0.2) is 0 Å². The number of hydrogen-bond donors (Lipinski definition) is 3. The molecule has 0 radical (unpaired) electrons. The number of aliphatic hydroxyl groups excluding tert-OH is 1. The normalized spacial score (nSPS) is 17.5. The summed E-state index contributed by atoms with van der Waals surface area (Å²) < 4.78 is 25.1. The molecule has 1 aromatic rings. The molecule has 2 rings (SSSR count). The molecule has 1 aliphatic carbocycles. The summed E-state index contributed by atoms with van der Waals surface area (Å²) in [6, 6.07) is 4.59. The SMILES string of the molecule is CN(C)S(=O)(=O)c1ccc(NC2(CO)CC2)c(N)c1. The van der Waals surface area contributed by atoms with Gasteiger partial charge in [0.2, 0.25) is 10.0 Å². The number of nitrogens with zero attached hydrogens (tertiary/aromatic N) is 1. The number of anilines is 2. The zero-order valence-electron chi connectivity index (χ0n) is 11.0. The Bertz CT molecular complexity index is 580. The Morgan fingerprint density at radius 3 is 2.47 bits per heavy atom. The van der Waals surface area contributed by atoms with Gasteiger partial charge >= 0.3 is 0 Å². The molecule has 0 spiro atoms. The average Bonchev–Trinajstić information content (AvgIpc) is 3.12. The Morgan fingerprint density at radius 2 is 2.05 bits per heavy atom. The van der Waals surface area contributed by atoms with Gasteiger partial charge in [0, 0.05) is 14.1 Å². The van der Waals surface area contributed by atoms with Crippen molar-refractivity contribution in [1.29, 1.82) is 0 Å². The Labute approximate surface area is 113 Å². The standard InChI is InChI=1S/C12H19N3O3S/c1-15(2)19(17,18)9-3-4-11(10(13)7-9)14-12(8-16)5-6-12/h3-4,7,14,16H,5-6,8,13H2,1-2H3. The Hall–Kier alpha value is -1.31. The molecule has 0 aromatic heterocycles. The van der Waals surface area contributed by atoms with Crippen LogP contribution < -0.4 is 11.1 Å². The van der Waals surface area contributed by atoms with E-state index < -0.39 is 10.0 Å². The molecule has 1 fully saturated rings. The quantitative estimate of drug-likeness (QED) is 0.683. The van der Waals surface area contributed by atoms with E-state index >= 15 is 0 Å². The highest BCUT2D eigenvalue weighted by Crippen LogP contribution is 2.40. The van der Waals surface area contributed by atoms with Crippen LogP contribution in [0.2, 0.25) is 0 Å². The third-order valence-corrected chi connectivity index (χ3v) is 5.17. The van der Waals surface area contributed by atoms with Crippen LogP contribution in [0.15, 0.2) is 23.1 Å². The summed E-state index contributed by atoms with van der Waals surface area (Å²) in [5.41, 5.74) is 6.62. The monoisotopic (exact) mass is 285 g/mol. The van der Waals surface area contributed by atoms with E-state index in [0.29, 0.717) is 11.4 Å². The van der Waals surface area contributed by atoms with Crippen molar-refractivity contribution < 1.29 is 13.5 Å². The van der Waals surface area contributed by atoms with E-state index in [1.54, 1.807) is 6.07 Å². The summed E-state index contributed by atoms with van der Waals surface area (Å²) in [4.78, 5) is 0.161. The molecule has 6 nitrogen and oxygen atoms in total. The molecule has 0 bridgehead atoms. The van der Waals surface area contributed by atoms with E-state index in [9.17, 15) is 13.5 Å². The fourth-order valence-electron chi connectivity index (χ4n) is 1.79. The highest BCUT2D eigenvalue weighted by atomic mass is 32.2. The van der Waals surface area contributed by atoms with E-state index in [4.69, 9.17) is 5.73 Å². The van der Waals surface area contributed by atoms with Gasteiger partial charge in [0.05, 0.1) is 28.4 Å². The predicted octanol–water partition coefficient (Wildman–Crippen LogP) is 0.456. The first-order chi connectivity index (χ1) is 8.81. The number of sulfonamides is 1. The molecule has 0 heterocycles. The summed E-state index contributed by atoms with van der Waals surface area (Å²) in [5, 5.41) is 12.4. The van der Waals surface area contributed by atoms with Crippen LogP contribution in [0.3, 0.4) is 0 Å². The molecule has 19 heavy (non-hydrogen) atoms. The maximum Gasteiger partial charge on any atom is 0.242 e. The smallest absolute Gasteiger partial charge is 0.242 e. The molecule has 0 saturated heterocycles. The van der Waals surface area contributed by atoms with Gasteiger partial charge in [0.25, 0.3) is 0 Å². The minimum Gasteiger partial charge on any atom is -0.397 e. The first-order valence-corrected chi connectivity index (χ1v) is 7.46. The molecule has 1 aliphatic rings. The number of aliphatic hydroxyl groups is 1. The lowest BCUT2D eigenvalue weighted by atomic mass is 10.2. The van der Waals surface area contributed by atoms with Crippen molar-refractivity contribution in [2.45, 2.75) is 23.3 Å². The molecule has 4 N–H and O–H groups in total. The second kappa shape index (κ2) is 4.66. The second-order valence-electron chi connectivity index (χ2n) is 5.10. The van der Waals surface area contributed by atoms with Crippen molar-refractivity contribution >= 4 is 21.4 Å². The molecule has 0 amide bonds. The van der Waals surface area contributed by atoms with E-state index in [2.05, 4.69) is 5.32 Å². The summed E-state index contributed by atoms with van der Waals surface area (Å²) in [6.45, 7) is 0.0458. The van der Waals surface area contributed by atoms with E-state index in [-0.39, 0.29) is 17.0 Å². The van der Waals surface area contributed by atoms with Crippen LogP contribution in [0.4, 0.5) is 11.4 Å². The van der Waals surface area contributed by atoms with Crippen molar-refractivity contribution in [3.63, 3.8) is 0 Å². The number of rotatable bonds is 5. The maximum absolute atomic E-state index is 12.0. The summed E-state index contributed by atoms with van der Waals surface area (Å²) in [5.74, 6) is 0. The largest absolute Gasteiger partial charge is 0.397 e. The zero-order chi connectivity index (χ0) is 14.3. The first kappa shape index (κ1) is 14.1. The molecule has 1 aromatic carbocycles. The van der Waals surface area contributed by atoms with Crippen LogP contribution in [0.25, 0.3) is 0 Å². The lowest BCUT2D eigenvalue weighted by Gasteiger charge is -2.18. The van der Waals surface area contributed by atoms with Crippen LogP contribution in [-0.2, 0) is 10.0 Å². The minimum absolute atomic E-state index is 0.0458. The highest BCUT2D eigenvalue weighted by molar-refractivity contribution is 7.89. The molecule has 0 unspecified atom stereocenters. The molecule has 106 valence electrons. The maximum atomic E-state index is 12.0. The molecule has 0 aliphatic heterocycles. The highest BCUT2D eigenvalue weighted by Gasteiger charge is 2.42. The molecular formula is C12H19N3O3S. The van der Waals surface area contributed by atoms with Crippen LogP contribution in [-0.4, -0.2) is 44.1 Å². The third-order valence-electron chi connectivity index (χ3n) is 3.36. The third kappa shape index (κ3) is 2.68. The first-order valence-electron chi connectivity index (χ1n) is 6.02. The van der Waals surface area contributed by atoms with Gasteiger partial charge in [-0.25, -0.2) is 12.7 Å². The topological polar surface area (TPSA) is 95.7 Å². The Balaban J connectivity index is 2.28. The van der Waals surface area contributed by atoms with Gasteiger partial charge in [-0.2, -0.15) is 0 Å². The fourth-order valence-corrected chi connectivity index (χ4v) is 2.72. The lowest BCUT2D eigenvalue weighted by Crippen LogP contribution is -2.26. The molecular weight excluding hydrogens is 266 g/mol. The van der Waals surface area contributed by atoms with Crippen LogP contribution in [0, 0.1) is 0 Å². The van der Waals surface area contributed by atoms with Crippen molar-refractivity contribution in [2.24, 2.45) is 0 Å². The number of benzene rings is 1. The van der Waals surface area contributed by atoms with Crippen LogP contribution in [0.5, 0.6) is 0 Å². The van der Waals surface area contributed by atoms with Crippen molar-refractivity contribution in [2.75, 3.05) is 31.8 Å². The van der Waals surface area contributed by atoms with Crippen molar-refractivity contribution in [3.8, 4) is 0 Å². The number of hydrogen-bond acceptors (Lipinski definition) is 5. The Morgan fingerprint density at radius 1 is 1.42 bits per heavy atom. The second-order valence-corrected chi connectivity index (χ2v) is 7.25. The fraction of sp³-hybridized carbons (Fsp3) is 0.500. The molecule has 0 atom stereocenters. The number of nitrogens with one attached hydrogen (secondary N) is 1. The van der Waals surface area contributed by atoms with Crippen molar-refractivity contribution in [1.82, 2.24) is 4.31 Å². The number of nitrogen functional groups attached to an aromatic ring is 1. The van der Waals surface area contributed by atoms with Crippen LogP contribution in [0.1, 0.15) is 12.8 Å². The van der Waals surface area contributed by atoms with E-state index in [0.717, 1.165) is 17.1 Å². The Kier molecular flexibility index (Phi) is 3.46. The van der Waals surface area contributed by atoms with Gasteiger partial charge in [-0.05, 0) is 31.0 Å². The predicted molar refractivity (Wildman–Crippen MR) is 74.4 cm³/mol. The van der Waals surface area contributed by atoms with Crippen LogP contribution >= 0.6 is 0 Å². The average molecular weight is 285 g/mol. The van der Waals surface area contributed by atoms with Crippen molar-refractivity contribution in [3.05, 3.63) is 18.2 Å². The summed E-state index contributed by atoms with van der Waals surface area (Å²) in [6.07, 6.45) is 1.78. The summed E-state index contributed by atoms with van der Waals surface area (Å²) in [7, 11) is -0.524. The lowest BCUT2D eigenvalue weighted by molar-refractivity contribution is 0.266. The summed E-state index contributed by atoms with van der Waals surface area (Å²) >= 11 is 0. The molecule has 1 saturated carbocycles. The molecule has 7 heteroatoms. The van der Waals surface area contributed by atoms with E-state index in [1.807, 2.05) is 0 Å². The number of nitrogens with two attached hydrogens (primary N) is 1. The van der Waals surface area contributed by atoms with Gasteiger partial charge in [0.1, 0.15) is 0 Å². The van der Waals surface area contributed by atoms with Gasteiger partial charge < -0.3 is 16.2 Å². The van der Waals surface area contributed by atoms with E-state index in [1.165, 1.54) is 26.2 Å². The van der Waals surface area contributed by atoms with Gasteiger partial charge in [-0.3, -0.25) is 0 Å².